The fourth-order valence-electron chi connectivity index (χ4n) is 2.04. The van der Waals surface area contributed by atoms with Crippen LogP contribution in [0.4, 0.5) is 0 Å². The molecule has 0 spiro atoms. The Kier molecular flexibility index (Phi) is 5.29. The Balaban J connectivity index is 1.75. The maximum absolute atomic E-state index is 10.3. The highest BCUT2D eigenvalue weighted by molar-refractivity contribution is 5.07. The zero-order valence-electron chi connectivity index (χ0n) is 11.2. The van der Waals surface area contributed by atoms with Crippen LogP contribution in [-0.2, 0) is 22.6 Å². The van der Waals surface area contributed by atoms with Crippen molar-refractivity contribution in [2.45, 2.75) is 18.8 Å². The molecule has 2 rings (SSSR count). The quantitative estimate of drug-likeness (QED) is 0.530. The molecule has 0 aliphatic carbocycles. The van der Waals surface area contributed by atoms with E-state index in [-0.39, 0.29) is 0 Å². The van der Waals surface area contributed by atoms with Crippen molar-refractivity contribution in [1.29, 1.82) is 0 Å². The van der Waals surface area contributed by atoms with Crippen LogP contribution in [0.1, 0.15) is 11.4 Å². The number of aliphatic hydroxyl groups is 1. The van der Waals surface area contributed by atoms with Crippen molar-refractivity contribution in [1.82, 2.24) is 20.8 Å². The van der Waals surface area contributed by atoms with E-state index in [9.17, 15) is 5.11 Å². The van der Waals surface area contributed by atoms with Gasteiger partial charge >= 0.3 is 0 Å². The molecule has 1 aromatic rings. The third-order valence-electron chi connectivity index (χ3n) is 2.99. The first kappa shape index (κ1) is 14.4. The van der Waals surface area contributed by atoms with Gasteiger partial charge in [0.1, 0.15) is 5.60 Å². The van der Waals surface area contributed by atoms with Gasteiger partial charge in [-0.3, -0.25) is 5.10 Å². The summed E-state index contributed by atoms with van der Waals surface area (Å²) in [5, 5.41) is 23.7. The lowest BCUT2D eigenvalue weighted by molar-refractivity contribution is -0.0264. The van der Waals surface area contributed by atoms with Crippen molar-refractivity contribution in [3.05, 3.63) is 17.5 Å². The molecule has 4 N–H and O–H groups in total. The van der Waals surface area contributed by atoms with Gasteiger partial charge in [0.05, 0.1) is 31.2 Å². The highest BCUT2D eigenvalue weighted by Gasteiger charge is 2.28. The number of hydrogen-bond acceptors (Lipinski definition) is 6. The second kappa shape index (κ2) is 6.97. The molecule has 2 heterocycles. The average molecular weight is 270 g/mol. The minimum absolute atomic E-state index is 0.350. The van der Waals surface area contributed by atoms with Gasteiger partial charge in [-0.15, -0.1) is 0 Å². The first-order chi connectivity index (χ1) is 9.22. The monoisotopic (exact) mass is 270 g/mol. The highest BCUT2D eigenvalue weighted by Crippen LogP contribution is 2.06. The summed E-state index contributed by atoms with van der Waals surface area (Å²) in [4.78, 5) is 0. The van der Waals surface area contributed by atoms with E-state index in [1.807, 2.05) is 6.07 Å². The Hall–Kier alpha value is -0.990. The van der Waals surface area contributed by atoms with Gasteiger partial charge in [0.15, 0.2) is 0 Å². The number of rotatable bonds is 6. The molecule has 1 fully saturated rings. The van der Waals surface area contributed by atoms with E-state index in [1.165, 1.54) is 0 Å². The van der Waals surface area contributed by atoms with Crippen molar-refractivity contribution >= 4 is 0 Å². The zero-order chi connectivity index (χ0) is 13.6. The molecular formula is C12H22N4O3. The molecule has 0 radical (unpaired) electrons. The second-order valence-corrected chi connectivity index (χ2v) is 4.87. The molecule has 108 valence electrons. The lowest BCUT2D eigenvalue weighted by atomic mass is 10.1. The van der Waals surface area contributed by atoms with Crippen LogP contribution in [-0.4, -0.2) is 60.9 Å². The van der Waals surface area contributed by atoms with Gasteiger partial charge < -0.3 is 25.2 Å². The van der Waals surface area contributed by atoms with Crippen molar-refractivity contribution < 1.29 is 14.6 Å². The van der Waals surface area contributed by atoms with Gasteiger partial charge in [-0.25, -0.2) is 0 Å². The Morgan fingerprint density at radius 2 is 2.53 bits per heavy atom. The summed E-state index contributed by atoms with van der Waals surface area (Å²) >= 11 is 0. The second-order valence-electron chi connectivity index (χ2n) is 4.87. The van der Waals surface area contributed by atoms with Crippen LogP contribution in [0.15, 0.2) is 6.07 Å². The Bertz CT molecular complexity index is 375. The predicted molar refractivity (Wildman–Crippen MR) is 69.6 cm³/mol. The number of H-pyrrole nitrogens is 1. The number of aromatic nitrogens is 2. The van der Waals surface area contributed by atoms with Gasteiger partial charge in [-0.1, -0.05) is 0 Å². The molecule has 1 atom stereocenters. The topological polar surface area (TPSA) is 91.4 Å². The van der Waals surface area contributed by atoms with Crippen LogP contribution in [0, 0.1) is 0 Å². The van der Waals surface area contributed by atoms with E-state index >= 15 is 0 Å². The van der Waals surface area contributed by atoms with Crippen LogP contribution >= 0.6 is 0 Å². The summed E-state index contributed by atoms with van der Waals surface area (Å²) in [7, 11) is 1.65. The van der Waals surface area contributed by atoms with Crippen molar-refractivity contribution in [2.24, 2.45) is 0 Å². The third-order valence-corrected chi connectivity index (χ3v) is 2.99. The number of hydrogen-bond donors (Lipinski definition) is 4. The van der Waals surface area contributed by atoms with E-state index in [0.717, 1.165) is 17.9 Å². The summed E-state index contributed by atoms with van der Waals surface area (Å²) in [6, 6.07) is 1.95. The van der Waals surface area contributed by atoms with Gasteiger partial charge in [-0.05, 0) is 6.07 Å². The lowest BCUT2D eigenvalue weighted by Crippen LogP contribution is -2.50. The fourth-order valence-corrected chi connectivity index (χ4v) is 2.04. The maximum Gasteiger partial charge on any atom is 0.113 e. The summed E-state index contributed by atoms with van der Waals surface area (Å²) in [6.07, 6.45) is 0. The Morgan fingerprint density at radius 3 is 3.37 bits per heavy atom. The minimum atomic E-state index is -0.859. The summed E-state index contributed by atoms with van der Waals surface area (Å²) in [5.74, 6) is 0. The van der Waals surface area contributed by atoms with Crippen LogP contribution < -0.4 is 10.6 Å². The molecule has 0 bridgehead atoms. The van der Waals surface area contributed by atoms with E-state index in [0.29, 0.717) is 39.5 Å². The smallest absolute Gasteiger partial charge is 0.113 e. The van der Waals surface area contributed by atoms with E-state index in [2.05, 4.69) is 20.8 Å². The summed E-state index contributed by atoms with van der Waals surface area (Å²) < 4.78 is 10.4. The molecule has 1 saturated heterocycles. The lowest BCUT2D eigenvalue weighted by Gasteiger charge is -2.25. The first-order valence-electron chi connectivity index (χ1n) is 6.45. The van der Waals surface area contributed by atoms with Crippen LogP contribution in [0.5, 0.6) is 0 Å². The molecule has 0 aromatic carbocycles. The van der Waals surface area contributed by atoms with Gasteiger partial charge in [0, 0.05) is 33.3 Å². The van der Waals surface area contributed by atoms with Crippen molar-refractivity contribution in [3.8, 4) is 0 Å². The van der Waals surface area contributed by atoms with E-state index < -0.39 is 5.60 Å². The minimum Gasteiger partial charge on any atom is -0.385 e. The molecule has 7 nitrogen and oxygen atoms in total. The van der Waals surface area contributed by atoms with Crippen molar-refractivity contribution in [3.63, 3.8) is 0 Å². The third kappa shape index (κ3) is 4.55. The number of ether oxygens (including phenoxy) is 2. The molecule has 1 unspecified atom stereocenters. The molecule has 0 saturated carbocycles. The van der Waals surface area contributed by atoms with Crippen LogP contribution in [0.3, 0.4) is 0 Å². The SMILES string of the molecule is COCc1cc(CNCC2(O)CNCCOC2)n[nH]1. The number of nitrogens with zero attached hydrogens (tertiary/aromatic N) is 1. The van der Waals surface area contributed by atoms with Gasteiger partial charge in [0.2, 0.25) is 0 Å². The highest BCUT2D eigenvalue weighted by atomic mass is 16.5. The molecule has 7 heteroatoms. The molecule has 1 aliphatic heterocycles. The van der Waals surface area contributed by atoms with Crippen LogP contribution in [0.2, 0.25) is 0 Å². The van der Waals surface area contributed by atoms with Gasteiger partial charge in [-0.2, -0.15) is 5.10 Å². The van der Waals surface area contributed by atoms with Gasteiger partial charge in [0.25, 0.3) is 0 Å². The van der Waals surface area contributed by atoms with Crippen LogP contribution in [0.25, 0.3) is 0 Å². The zero-order valence-corrected chi connectivity index (χ0v) is 11.2. The summed E-state index contributed by atoms with van der Waals surface area (Å²) in [5.41, 5.74) is 0.984. The summed E-state index contributed by atoms with van der Waals surface area (Å²) in [6.45, 7) is 3.89. The van der Waals surface area contributed by atoms with Crippen molar-refractivity contribution in [2.75, 3.05) is 40.0 Å². The number of nitrogens with one attached hydrogen (secondary N) is 3. The normalized spacial score (nSPS) is 24.3. The number of aromatic amines is 1. The average Bonchev–Trinajstić information content (AvgIpc) is 2.71. The first-order valence-corrected chi connectivity index (χ1v) is 6.45. The molecule has 1 aliphatic rings. The number of methoxy groups -OCH3 is 1. The molecule has 0 amide bonds. The molecule has 1 aromatic heterocycles. The number of β-amino-alcohol motifs (C(OH)–C–C–N with tert-alkyl or cyclic N) is 1. The van der Waals surface area contributed by atoms with E-state index in [1.54, 1.807) is 7.11 Å². The predicted octanol–water partition coefficient (Wildman–Crippen LogP) is -1.00. The Labute approximate surface area is 112 Å². The standard InChI is InChI=1S/C12H22N4O3/c1-18-6-11-4-10(15-16-11)5-14-8-12(17)7-13-2-3-19-9-12/h4,13-14,17H,2-3,5-9H2,1H3,(H,15,16). The molecular weight excluding hydrogens is 248 g/mol. The largest absolute Gasteiger partial charge is 0.385 e. The Morgan fingerprint density at radius 1 is 1.63 bits per heavy atom. The molecule has 19 heavy (non-hydrogen) atoms. The van der Waals surface area contributed by atoms with E-state index in [4.69, 9.17) is 9.47 Å². The fraction of sp³-hybridized carbons (Fsp3) is 0.750. The maximum atomic E-state index is 10.3.